The Balaban J connectivity index is 2.18. The third-order valence-corrected chi connectivity index (χ3v) is 2.82. The molecule has 0 spiro atoms. The molecule has 1 aromatic heterocycles. The lowest BCUT2D eigenvalue weighted by Crippen LogP contribution is -2.33. The van der Waals surface area contributed by atoms with Gasteiger partial charge >= 0.3 is 0 Å². The van der Waals surface area contributed by atoms with Crippen LogP contribution < -0.4 is 5.32 Å². The van der Waals surface area contributed by atoms with E-state index in [0.717, 1.165) is 31.2 Å². The van der Waals surface area contributed by atoms with Crippen LogP contribution in [-0.4, -0.2) is 31.1 Å². The third-order valence-electron chi connectivity index (χ3n) is 2.82. The van der Waals surface area contributed by atoms with Crippen LogP contribution >= 0.6 is 0 Å². The summed E-state index contributed by atoms with van der Waals surface area (Å²) in [6.45, 7) is 9.36. The summed E-state index contributed by atoms with van der Waals surface area (Å²) < 4.78 is 5.54. The van der Waals surface area contributed by atoms with Gasteiger partial charge in [-0.1, -0.05) is 6.92 Å². The molecule has 0 amide bonds. The quantitative estimate of drug-likeness (QED) is 0.771. The molecule has 16 heavy (non-hydrogen) atoms. The monoisotopic (exact) mass is 224 g/mol. The minimum Gasteiger partial charge on any atom is -0.465 e. The number of rotatable bonds is 7. The van der Waals surface area contributed by atoms with Crippen LogP contribution in [0.25, 0.3) is 0 Å². The number of nitrogens with one attached hydrogen (secondary N) is 1. The predicted molar refractivity (Wildman–Crippen MR) is 67.5 cm³/mol. The van der Waals surface area contributed by atoms with Crippen molar-refractivity contribution in [3.8, 4) is 0 Å². The molecule has 3 heteroatoms. The van der Waals surface area contributed by atoms with Crippen LogP contribution in [0.2, 0.25) is 0 Å². The van der Waals surface area contributed by atoms with Gasteiger partial charge in [0.05, 0.1) is 6.54 Å². The van der Waals surface area contributed by atoms with Crippen LogP contribution in [0.15, 0.2) is 16.5 Å². The van der Waals surface area contributed by atoms with E-state index in [4.69, 9.17) is 4.42 Å². The molecule has 1 heterocycles. The molecule has 0 aromatic carbocycles. The van der Waals surface area contributed by atoms with Gasteiger partial charge in [-0.3, -0.25) is 4.90 Å². The minimum atomic E-state index is 0.610. The van der Waals surface area contributed by atoms with Crippen molar-refractivity contribution in [3.63, 3.8) is 0 Å². The second kappa shape index (κ2) is 6.71. The summed E-state index contributed by atoms with van der Waals surface area (Å²) in [6, 6.07) is 4.67. The van der Waals surface area contributed by atoms with Crippen molar-refractivity contribution in [2.75, 3.05) is 20.1 Å². The fourth-order valence-corrected chi connectivity index (χ4v) is 1.56. The van der Waals surface area contributed by atoms with E-state index < -0.39 is 0 Å². The van der Waals surface area contributed by atoms with Crippen molar-refractivity contribution in [1.29, 1.82) is 0 Å². The van der Waals surface area contributed by atoms with Gasteiger partial charge in [-0.2, -0.15) is 0 Å². The van der Waals surface area contributed by atoms with Gasteiger partial charge in [-0.25, -0.2) is 0 Å². The molecular weight excluding hydrogens is 200 g/mol. The van der Waals surface area contributed by atoms with Crippen LogP contribution in [0.1, 0.15) is 31.8 Å². The SMILES string of the molecule is CCC(C)NCCN(C)Cc1ccc(C)o1. The third kappa shape index (κ3) is 4.81. The molecule has 3 nitrogen and oxygen atoms in total. The Labute approximate surface area is 98.8 Å². The summed E-state index contributed by atoms with van der Waals surface area (Å²) in [4.78, 5) is 2.27. The number of nitrogens with zero attached hydrogens (tertiary/aromatic N) is 1. The van der Waals surface area contributed by atoms with Gasteiger partial charge in [0.15, 0.2) is 0 Å². The van der Waals surface area contributed by atoms with E-state index in [-0.39, 0.29) is 0 Å². The highest BCUT2D eigenvalue weighted by molar-refractivity contribution is 5.05. The smallest absolute Gasteiger partial charge is 0.118 e. The molecule has 1 atom stereocenters. The van der Waals surface area contributed by atoms with Crippen molar-refractivity contribution in [2.45, 2.75) is 39.8 Å². The van der Waals surface area contributed by atoms with E-state index in [1.807, 2.05) is 19.1 Å². The van der Waals surface area contributed by atoms with Crippen LogP contribution in [0, 0.1) is 6.92 Å². The molecule has 1 N–H and O–H groups in total. The zero-order valence-corrected chi connectivity index (χ0v) is 10.9. The topological polar surface area (TPSA) is 28.4 Å². The molecule has 1 aromatic rings. The lowest BCUT2D eigenvalue weighted by atomic mass is 10.2. The highest BCUT2D eigenvalue weighted by Gasteiger charge is 2.04. The van der Waals surface area contributed by atoms with E-state index >= 15 is 0 Å². The Bertz CT molecular complexity index is 296. The van der Waals surface area contributed by atoms with Gasteiger partial charge in [-0.15, -0.1) is 0 Å². The summed E-state index contributed by atoms with van der Waals surface area (Å²) in [6.07, 6.45) is 1.18. The first-order valence-electron chi connectivity index (χ1n) is 6.09. The number of aryl methyl sites for hydroxylation is 1. The molecule has 0 saturated carbocycles. The first kappa shape index (κ1) is 13.3. The standard InChI is InChI=1S/C13H24N2O/c1-5-11(2)14-8-9-15(4)10-13-7-6-12(3)16-13/h6-7,11,14H,5,8-10H2,1-4H3. The van der Waals surface area contributed by atoms with E-state index in [2.05, 4.69) is 31.1 Å². The van der Waals surface area contributed by atoms with Crippen molar-refractivity contribution in [3.05, 3.63) is 23.7 Å². The van der Waals surface area contributed by atoms with E-state index in [9.17, 15) is 0 Å². The molecular formula is C13H24N2O. The van der Waals surface area contributed by atoms with Crippen LogP contribution in [0.3, 0.4) is 0 Å². The van der Waals surface area contributed by atoms with Gasteiger partial charge in [0.2, 0.25) is 0 Å². The number of hydrogen-bond donors (Lipinski definition) is 1. The predicted octanol–water partition coefficient (Wildman–Crippen LogP) is 2.41. The van der Waals surface area contributed by atoms with Gasteiger partial charge in [0.25, 0.3) is 0 Å². The fourth-order valence-electron chi connectivity index (χ4n) is 1.56. The van der Waals surface area contributed by atoms with Crippen LogP contribution in [0.4, 0.5) is 0 Å². The summed E-state index contributed by atoms with van der Waals surface area (Å²) in [5, 5.41) is 3.48. The fraction of sp³-hybridized carbons (Fsp3) is 0.692. The normalized spacial score (nSPS) is 13.3. The maximum absolute atomic E-state index is 5.54. The first-order chi connectivity index (χ1) is 7.61. The number of hydrogen-bond acceptors (Lipinski definition) is 3. The second-order valence-corrected chi connectivity index (χ2v) is 4.51. The Kier molecular flexibility index (Phi) is 5.56. The molecule has 1 rings (SSSR count). The van der Waals surface area contributed by atoms with Crippen LogP contribution in [-0.2, 0) is 6.54 Å². The lowest BCUT2D eigenvalue weighted by molar-refractivity contribution is 0.287. The summed E-state index contributed by atoms with van der Waals surface area (Å²) in [5.41, 5.74) is 0. The highest BCUT2D eigenvalue weighted by atomic mass is 16.3. The molecule has 0 aliphatic carbocycles. The number of likely N-dealkylation sites (N-methyl/N-ethyl adjacent to an activating group) is 1. The Morgan fingerprint density at radius 2 is 2.19 bits per heavy atom. The maximum atomic E-state index is 5.54. The van der Waals surface area contributed by atoms with Crippen molar-refractivity contribution in [1.82, 2.24) is 10.2 Å². The molecule has 1 unspecified atom stereocenters. The highest BCUT2D eigenvalue weighted by Crippen LogP contribution is 2.08. The van der Waals surface area contributed by atoms with E-state index in [0.29, 0.717) is 6.04 Å². The average Bonchev–Trinajstić information content (AvgIpc) is 2.63. The molecule has 0 radical (unpaired) electrons. The zero-order valence-electron chi connectivity index (χ0n) is 10.9. The van der Waals surface area contributed by atoms with Crippen molar-refractivity contribution in [2.24, 2.45) is 0 Å². The molecule has 0 aliphatic heterocycles. The Hall–Kier alpha value is -0.800. The molecule has 0 aliphatic rings. The minimum absolute atomic E-state index is 0.610. The molecule has 0 fully saturated rings. The molecule has 0 saturated heterocycles. The van der Waals surface area contributed by atoms with Crippen LogP contribution in [0.5, 0.6) is 0 Å². The first-order valence-corrected chi connectivity index (χ1v) is 6.09. The Morgan fingerprint density at radius 1 is 1.44 bits per heavy atom. The van der Waals surface area contributed by atoms with Crippen molar-refractivity contribution >= 4 is 0 Å². The largest absolute Gasteiger partial charge is 0.465 e. The van der Waals surface area contributed by atoms with Gasteiger partial charge in [0.1, 0.15) is 11.5 Å². The Morgan fingerprint density at radius 3 is 2.75 bits per heavy atom. The number of furan rings is 1. The van der Waals surface area contributed by atoms with Crippen molar-refractivity contribution < 1.29 is 4.42 Å². The van der Waals surface area contributed by atoms with E-state index in [1.165, 1.54) is 6.42 Å². The molecule has 0 bridgehead atoms. The summed E-state index contributed by atoms with van der Waals surface area (Å²) in [5.74, 6) is 2.03. The second-order valence-electron chi connectivity index (χ2n) is 4.51. The molecule has 92 valence electrons. The maximum Gasteiger partial charge on any atom is 0.118 e. The lowest BCUT2D eigenvalue weighted by Gasteiger charge is -2.17. The van der Waals surface area contributed by atoms with Gasteiger partial charge in [-0.05, 0) is 39.4 Å². The van der Waals surface area contributed by atoms with Gasteiger partial charge in [0, 0.05) is 19.1 Å². The average molecular weight is 224 g/mol. The van der Waals surface area contributed by atoms with E-state index in [1.54, 1.807) is 0 Å². The zero-order chi connectivity index (χ0) is 12.0. The summed E-state index contributed by atoms with van der Waals surface area (Å²) >= 11 is 0. The summed E-state index contributed by atoms with van der Waals surface area (Å²) in [7, 11) is 2.12. The van der Waals surface area contributed by atoms with Gasteiger partial charge < -0.3 is 9.73 Å².